The molecule has 0 aliphatic carbocycles. The molecule has 0 amide bonds. The molecule has 0 saturated heterocycles. The largest absolute Gasteiger partial charge is 0.494 e. The molecule has 2 heterocycles. The smallest absolute Gasteiger partial charge is 0.119 e. The van der Waals surface area contributed by atoms with Crippen molar-refractivity contribution in [2.45, 2.75) is 39.2 Å². The van der Waals surface area contributed by atoms with Crippen LogP contribution >= 0.6 is 12.4 Å². The molecule has 4 heteroatoms. The van der Waals surface area contributed by atoms with E-state index in [2.05, 4.69) is 21.7 Å². The fraction of sp³-hybridized carbons (Fsp3) is 0.438. The van der Waals surface area contributed by atoms with Crippen LogP contribution in [0.15, 0.2) is 30.5 Å². The predicted octanol–water partition coefficient (Wildman–Crippen LogP) is 4.10. The van der Waals surface area contributed by atoms with Crippen molar-refractivity contribution in [1.82, 2.24) is 9.55 Å². The van der Waals surface area contributed by atoms with E-state index < -0.39 is 0 Å². The second-order valence-corrected chi connectivity index (χ2v) is 4.98. The molecule has 1 aliphatic heterocycles. The number of rotatable bonds is 3. The summed E-state index contributed by atoms with van der Waals surface area (Å²) in [6.45, 7) is 3.81. The van der Waals surface area contributed by atoms with Crippen LogP contribution < -0.4 is 4.74 Å². The van der Waals surface area contributed by atoms with Crippen LogP contribution in [0.2, 0.25) is 0 Å². The Bertz CT molecular complexity index is 548. The van der Waals surface area contributed by atoms with Gasteiger partial charge >= 0.3 is 0 Å². The Kier molecular flexibility index (Phi) is 5.07. The van der Waals surface area contributed by atoms with Gasteiger partial charge in [0.15, 0.2) is 0 Å². The summed E-state index contributed by atoms with van der Waals surface area (Å²) in [5.74, 6) is 2.17. The Balaban J connectivity index is 0.00000147. The lowest BCUT2D eigenvalue weighted by Crippen LogP contribution is -2.02. The zero-order valence-electron chi connectivity index (χ0n) is 11.8. The van der Waals surface area contributed by atoms with Crippen molar-refractivity contribution < 1.29 is 4.74 Å². The summed E-state index contributed by atoms with van der Waals surface area (Å²) in [6, 6.07) is 8.32. The summed E-state index contributed by atoms with van der Waals surface area (Å²) < 4.78 is 7.87. The van der Waals surface area contributed by atoms with Gasteiger partial charge in [0.1, 0.15) is 11.6 Å². The number of nitrogens with zero attached hydrogens (tertiary/aromatic N) is 2. The zero-order valence-corrected chi connectivity index (χ0v) is 12.7. The number of imidazole rings is 1. The van der Waals surface area contributed by atoms with Gasteiger partial charge < -0.3 is 9.30 Å². The maximum Gasteiger partial charge on any atom is 0.119 e. The van der Waals surface area contributed by atoms with Gasteiger partial charge in [0.2, 0.25) is 0 Å². The molecule has 0 N–H and O–H groups in total. The minimum Gasteiger partial charge on any atom is -0.494 e. The Labute approximate surface area is 126 Å². The minimum atomic E-state index is 0. The van der Waals surface area contributed by atoms with Gasteiger partial charge in [0.25, 0.3) is 0 Å². The van der Waals surface area contributed by atoms with E-state index in [9.17, 15) is 0 Å². The molecule has 2 aromatic rings. The molecule has 0 atom stereocenters. The highest BCUT2D eigenvalue weighted by atomic mass is 35.5. The van der Waals surface area contributed by atoms with Crippen molar-refractivity contribution in [3.63, 3.8) is 0 Å². The molecule has 3 rings (SSSR count). The number of hydrogen-bond donors (Lipinski definition) is 0. The molecule has 108 valence electrons. The van der Waals surface area contributed by atoms with Crippen LogP contribution in [-0.4, -0.2) is 16.2 Å². The molecular formula is C16H21ClN2O. The number of hydrogen-bond acceptors (Lipinski definition) is 2. The van der Waals surface area contributed by atoms with Gasteiger partial charge in [0.05, 0.1) is 18.5 Å². The van der Waals surface area contributed by atoms with E-state index in [0.717, 1.165) is 18.7 Å². The van der Waals surface area contributed by atoms with Crippen LogP contribution in [-0.2, 0) is 13.0 Å². The topological polar surface area (TPSA) is 27.1 Å². The fourth-order valence-electron chi connectivity index (χ4n) is 2.71. The third-order valence-electron chi connectivity index (χ3n) is 3.68. The van der Waals surface area contributed by atoms with Gasteiger partial charge in [-0.3, -0.25) is 0 Å². The summed E-state index contributed by atoms with van der Waals surface area (Å²) in [5.41, 5.74) is 2.46. The third-order valence-corrected chi connectivity index (χ3v) is 3.68. The van der Waals surface area contributed by atoms with Gasteiger partial charge in [-0.05, 0) is 44.0 Å². The van der Waals surface area contributed by atoms with Crippen LogP contribution in [0, 0.1) is 0 Å². The second kappa shape index (κ2) is 6.80. The highest BCUT2D eigenvalue weighted by molar-refractivity contribution is 5.85. The minimum absolute atomic E-state index is 0. The molecule has 1 aliphatic rings. The predicted molar refractivity (Wildman–Crippen MR) is 83.6 cm³/mol. The lowest BCUT2D eigenvalue weighted by atomic mass is 10.1. The standard InChI is InChI=1S/C16H20N2O.ClH/c1-2-19-14-9-7-13(8-10-14)15-12-17-16-6-4-3-5-11-18(15)16;/h7-10,12H,2-6,11H2,1H3;1H. The first-order valence-corrected chi connectivity index (χ1v) is 7.16. The summed E-state index contributed by atoms with van der Waals surface area (Å²) in [7, 11) is 0. The summed E-state index contributed by atoms with van der Waals surface area (Å²) in [4.78, 5) is 4.58. The molecule has 3 nitrogen and oxygen atoms in total. The van der Waals surface area contributed by atoms with Crippen LogP contribution in [0.4, 0.5) is 0 Å². The number of fused-ring (bicyclic) bond motifs is 1. The number of aromatic nitrogens is 2. The Morgan fingerprint density at radius 3 is 2.70 bits per heavy atom. The number of ether oxygens (including phenoxy) is 1. The fourth-order valence-corrected chi connectivity index (χ4v) is 2.71. The van der Waals surface area contributed by atoms with Crippen LogP contribution in [0.3, 0.4) is 0 Å². The second-order valence-electron chi connectivity index (χ2n) is 4.98. The van der Waals surface area contributed by atoms with Crippen molar-refractivity contribution in [3.8, 4) is 17.0 Å². The zero-order chi connectivity index (χ0) is 13.1. The average Bonchev–Trinajstić information content (AvgIpc) is 2.69. The molecule has 0 spiro atoms. The van der Waals surface area contributed by atoms with E-state index in [0.29, 0.717) is 6.61 Å². The SMILES string of the molecule is CCOc1ccc(-c2cnc3n2CCCCC3)cc1.Cl. The summed E-state index contributed by atoms with van der Waals surface area (Å²) in [6.07, 6.45) is 6.95. The highest BCUT2D eigenvalue weighted by Gasteiger charge is 2.13. The van der Waals surface area contributed by atoms with Crippen molar-refractivity contribution in [3.05, 3.63) is 36.3 Å². The quantitative estimate of drug-likeness (QED) is 0.852. The molecule has 20 heavy (non-hydrogen) atoms. The maximum atomic E-state index is 5.49. The van der Waals surface area contributed by atoms with Crippen LogP contribution in [0.5, 0.6) is 5.75 Å². The van der Waals surface area contributed by atoms with Crippen molar-refractivity contribution >= 4 is 12.4 Å². The van der Waals surface area contributed by atoms with Gasteiger partial charge in [0, 0.05) is 18.5 Å². The van der Waals surface area contributed by atoms with E-state index in [1.807, 2.05) is 25.3 Å². The normalized spacial score (nSPS) is 14.1. The van der Waals surface area contributed by atoms with E-state index in [1.54, 1.807) is 0 Å². The molecule has 0 bridgehead atoms. The molecule has 0 saturated carbocycles. The first-order chi connectivity index (χ1) is 9.38. The molecule has 1 aromatic carbocycles. The van der Waals surface area contributed by atoms with Gasteiger partial charge in [-0.25, -0.2) is 4.98 Å². The molecule has 0 radical (unpaired) electrons. The van der Waals surface area contributed by atoms with Crippen molar-refractivity contribution in [2.75, 3.05) is 6.61 Å². The van der Waals surface area contributed by atoms with E-state index >= 15 is 0 Å². The molecule has 0 unspecified atom stereocenters. The average molecular weight is 293 g/mol. The highest BCUT2D eigenvalue weighted by Crippen LogP contribution is 2.26. The third kappa shape index (κ3) is 2.98. The van der Waals surface area contributed by atoms with Gasteiger partial charge in [-0.15, -0.1) is 12.4 Å². The van der Waals surface area contributed by atoms with Crippen molar-refractivity contribution in [2.24, 2.45) is 0 Å². The number of halogens is 1. The van der Waals surface area contributed by atoms with Crippen LogP contribution in [0.1, 0.15) is 32.0 Å². The summed E-state index contributed by atoms with van der Waals surface area (Å²) in [5, 5.41) is 0. The summed E-state index contributed by atoms with van der Waals surface area (Å²) >= 11 is 0. The van der Waals surface area contributed by atoms with E-state index in [-0.39, 0.29) is 12.4 Å². The lowest BCUT2D eigenvalue weighted by molar-refractivity contribution is 0.340. The molecule has 1 aromatic heterocycles. The monoisotopic (exact) mass is 292 g/mol. The van der Waals surface area contributed by atoms with Crippen molar-refractivity contribution in [1.29, 1.82) is 0 Å². The Morgan fingerprint density at radius 2 is 1.95 bits per heavy atom. The first kappa shape index (κ1) is 14.9. The lowest BCUT2D eigenvalue weighted by Gasteiger charge is -2.09. The van der Waals surface area contributed by atoms with E-state index in [1.165, 1.54) is 36.3 Å². The maximum absolute atomic E-state index is 5.49. The Morgan fingerprint density at radius 1 is 1.15 bits per heavy atom. The number of aryl methyl sites for hydroxylation is 1. The number of benzene rings is 1. The van der Waals surface area contributed by atoms with Gasteiger partial charge in [-0.1, -0.05) is 6.42 Å². The molecular weight excluding hydrogens is 272 g/mol. The molecule has 0 fully saturated rings. The Hall–Kier alpha value is -1.48. The van der Waals surface area contributed by atoms with E-state index in [4.69, 9.17) is 4.74 Å². The van der Waals surface area contributed by atoms with Gasteiger partial charge in [-0.2, -0.15) is 0 Å². The van der Waals surface area contributed by atoms with Crippen LogP contribution in [0.25, 0.3) is 11.3 Å². The first-order valence-electron chi connectivity index (χ1n) is 7.16.